The largest absolute Gasteiger partial charge is 0.478 e. The molecule has 11 heteroatoms. The molecule has 1 aliphatic rings. The van der Waals surface area contributed by atoms with Crippen molar-refractivity contribution in [3.63, 3.8) is 0 Å². The molecule has 33 heavy (non-hydrogen) atoms. The van der Waals surface area contributed by atoms with Crippen LogP contribution in [0, 0.1) is 11.3 Å². The second-order valence-corrected chi connectivity index (χ2v) is 8.72. The van der Waals surface area contributed by atoms with Crippen LogP contribution in [0.25, 0.3) is 0 Å². The van der Waals surface area contributed by atoms with Crippen LogP contribution in [0.5, 0.6) is 0 Å². The van der Waals surface area contributed by atoms with Crippen molar-refractivity contribution in [1.29, 1.82) is 5.26 Å². The van der Waals surface area contributed by atoms with Gasteiger partial charge in [-0.3, -0.25) is 0 Å². The van der Waals surface area contributed by atoms with E-state index in [4.69, 9.17) is 10.00 Å². The van der Waals surface area contributed by atoms with Gasteiger partial charge in [-0.25, -0.2) is 24.5 Å². The molecule has 0 aliphatic carbocycles. The molecular weight excluding hydrogens is 426 g/mol. The summed E-state index contributed by atoms with van der Waals surface area (Å²) in [4.78, 5) is 40.0. The lowest BCUT2D eigenvalue weighted by Crippen LogP contribution is -2.47. The zero-order valence-electron chi connectivity index (χ0n) is 19.1. The minimum atomic E-state index is -1.08. The second kappa shape index (κ2) is 9.68. The van der Waals surface area contributed by atoms with E-state index in [2.05, 4.69) is 20.3 Å². The molecule has 1 saturated heterocycles. The molecule has 1 aliphatic heterocycles. The van der Waals surface area contributed by atoms with Crippen LogP contribution in [0.3, 0.4) is 0 Å². The van der Waals surface area contributed by atoms with Gasteiger partial charge in [0.15, 0.2) is 5.69 Å². The number of nitrogens with zero attached hydrogens (tertiary/aromatic N) is 6. The molecule has 11 nitrogen and oxygen atoms in total. The molecule has 0 aromatic carbocycles. The van der Waals surface area contributed by atoms with E-state index < -0.39 is 11.6 Å². The first-order chi connectivity index (χ1) is 15.6. The summed E-state index contributed by atoms with van der Waals surface area (Å²) in [5, 5.41) is 21.5. The normalized spacial score (nSPS) is 14.3. The molecular formula is C22H27N7O4. The number of nitrogens with one attached hydrogen (secondary N) is 1. The van der Waals surface area contributed by atoms with Crippen LogP contribution < -0.4 is 10.2 Å². The van der Waals surface area contributed by atoms with Crippen LogP contribution in [0.2, 0.25) is 0 Å². The van der Waals surface area contributed by atoms with Crippen LogP contribution in [0.15, 0.2) is 24.7 Å². The van der Waals surface area contributed by atoms with Crippen molar-refractivity contribution >= 4 is 29.4 Å². The lowest BCUT2D eigenvalue weighted by molar-refractivity contribution is 0.0205. The third kappa shape index (κ3) is 6.06. The minimum Gasteiger partial charge on any atom is -0.478 e. The van der Waals surface area contributed by atoms with Crippen molar-refractivity contribution in [2.24, 2.45) is 0 Å². The summed E-state index contributed by atoms with van der Waals surface area (Å²) >= 11 is 0. The summed E-state index contributed by atoms with van der Waals surface area (Å²) in [6.45, 7) is 6.53. The van der Waals surface area contributed by atoms with E-state index in [-0.39, 0.29) is 23.4 Å². The summed E-state index contributed by atoms with van der Waals surface area (Å²) in [7, 11) is 1.83. The Bertz CT molecular complexity index is 1050. The zero-order chi connectivity index (χ0) is 24.2. The Morgan fingerprint density at radius 2 is 1.85 bits per heavy atom. The van der Waals surface area contributed by atoms with E-state index in [0.29, 0.717) is 43.3 Å². The average molecular weight is 454 g/mol. The van der Waals surface area contributed by atoms with E-state index in [1.165, 1.54) is 18.6 Å². The fourth-order valence-electron chi connectivity index (χ4n) is 3.51. The van der Waals surface area contributed by atoms with Gasteiger partial charge < -0.3 is 25.0 Å². The molecule has 1 amide bonds. The number of amides is 1. The van der Waals surface area contributed by atoms with Gasteiger partial charge in [0, 0.05) is 38.4 Å². The van der Waals surface area contributed by atoms with Crippen LogP contribution in [0.4, 0.5) is 22.1 Å². The van der Waals surface area contributed by atoms with Gasteiger partial charge in [-0.15, -0.1) is 0 Å². The molecule has 3 rings (SSSR count). The third-order valence-electron chi connectivity index (χ3n) is 5.18. The number of aromatic carboxylic acids is 1. The quantitative estimate of drug-likeness (QED) is 0.693. The van der Waals surface area contributed by atoms with E-state index in [9.17, 15) is 14.7 Å². The molecule has 2 aromatic rings. The summed E-state index contributed by atoms with van der Waals surface area (Å²) < 4.78 is 5.45. The maximum atomic E-state index is 12.3. The number of carbonyl (C=O) groups excluding carboxylic acids is 1. The number of carbonyl (C=O) groups is 2. The molecule has 2 N–H and O–H groups in total. The highest BCUT2D eigenvalue weighted by Gasteiger charge is 2.30. The first kappa shape index (κ1) is 23.7. The number of hydrogen-bond acceptors (Lipinski definition) is 9. The van der Waals surface area contributed by atoms with Gasteiger partial charge in [0.2, 0.25) is 0 Å². The number of ether oxygens (including phenoxy) is 1. The number of aromatic nitrogens is 3. The molecule has 0 spiro atoms. The van der Waals surface area contributed by atoms with Crippen LogP contribution >= 0.6 is 0 Å². The summed E-state index contributed by atoms with van der Waals surface area (Å²) in [5.41, 5.74) is 0.203. The predicted molar refractivity (Wildman–Crippen MR) is 120 cm³/mol. The Hall–Kier alpha value is -3.94. The van der Waals surface area contributed by atoms with Gasteiger partial charge in [-0.2, -0.15) is 5.26 Å². The van der Waals surface area contributed by atoms with E-state index in [1.54, 1.807) is 11.0 Å². The molecule has 0 bridgehead atoms. The number of carboxylic acids is 1. The van der Waals surface area contributed by atoms with Crippen molar-refractivity contribution < 1.29 is 19.4 Å². The average Bonchev–Trinajstić information content (AvgIpc) is 2.78. The lowest BCUT2D eigenvalue weighted by Gasteiger charge is -2.38. The Balaban J connectivity index is 1.74. The monoisotopic (exact) mass is 453 g/mol. The zero-order valence-corrected chi connectivity index (χ0v) is 19.1. The molecule has 1 fully saturated rings. The van der Waals surface area contributed by atoms with Crippen molar-refractivity contribution in [2.45, 2.75) is 45.3 Å². The first-order valence-electron chi connectivity index (χ1n) is 10.5. The number of likely N-dealkylation sites (tertiary alicyclic amines) is 1. The second-order valence-electron chi connectivity index (χ2n) is 8.72. The number of hydrogen-bond donors (Lipinski definition) is 2. The third-order valence-corrected chi connectivity index (χ3v) is 5.18. The lowest BCUT2D eigenvalue weighted by atomic mass is 10.0. The van der Waals surface area contributed by atoms with E-state index >= 15 is 0 Å². The predicted octanol–water partition coefficient (Wildman–Crippen LogP) is 3.02. The number of carboxylic acid groups (broad SMARTS) is 1. The van der Waals surface area contributed by atoms with Crippen molar-refractivity contribution in [3.8, 4) is 6.07 Å². The van der Waals surface area contributed by atoms with Crippen molar-refractivity contribution in [3.05, 3.63) is 35.9 Å². The standard InChI is InChI=1S/C22H27N7O4/c1-22(2,3)33-21(32)29-7-5-15(6-8-29)28(4)17-9-18(26-12-16(17)20(30)31)27-19-13-24-14(10-23)11-25-19/h9,11-13,15H,5-8H2,1-4H3,(H,30,31)(H,25,26,27). The fraction of sp³-hybridized carbons (Fsp3) is 0.455. The Morgan fingerprint density at radius 1 is 1.18 bits per heavy atom. The highest BCUT2D eigenvalue weighted by atomic mass is 16.6. The van der Waals surface area contributed by atoms with Crippen LogP contribution in [-0.2, 0) is 4.74 Å². The van der Waals surface area contributed by atoms with Crippen molar-refractivity contribution in [1.82, 2.24) is 19.9 Å². The number of nitriles is 1. The van der Waals surface area contributed by atoms with Gasteiger partial charge >= 0.3 is 12.1 Å². The Labute approximate surface area is 192 Å². The number of rotatable bonds is 5. The Kier molecular flexibility index (Phi) is 6.96. The highest BCUT2D eigenvalue weighted by molar-refractivity contribution is 5.94. The molecule has 0 radical (unpaired) electrons. The summed E-state index contributed by atoms with van der Waals surface area (Å²) in [6, 6.07) is 3.57. The maximum Gasteiger partial charge on any atom is 0.410 e. The van der Waals surface area contributed by atoms with Gasteiger partial charge in [0.1, 0.15) is 28.9 Å². The molecule has 2 aromatic heterocycles. The maximum absolute atomic E-state index is 12.3. The first-order valence-corrected chi connectivity index (χ1v) is 10.5. The van der Waals surface area contributed by atoms with Crippen LogP contribution in [-0.4, -0.2) is 68.8 Å². The topological polar surface area (TPSA) is 145 Å². The SMILES string of the molecule is CN(c1cc(Nc2cnc(C#N)cn2)ncc1C(=O)O)C1CCN(C(=O)OC(C)(C)C)CC1. The molecule has 174 valence electrons. The van der Waals surface area contributed by atoms with E-state index in [0.717, 1.165) is 0 Å². The van der Waals surface area contributed by atoms with Gasteiger partial charge in [-0.1, -0.05) is 0 Å². The summed E-state index contributed by atoms with van der Waals surface area (Å²) in [6.07, 6.45) is 5.03. The summed E-state index contributed by atoms with van der Waals surface area (Å²) in [5.74, 6) is -0.309. The smallest absolute Gasteiger partial charge is 0.410 e. The van der Waals surface area contributed by atoms with Gasteiger partial charge in [0.05, 0.1) is 18.1 Å². The minimum absolute atomic E-state index is 0.0340. The number of anilines is 3. The Morgan fingerprint density at radius 3 is 2.39 bits per heavy atom. The van der Waals surface area contributed by atoms with Crippen molar-refractivity contribution in [2.75, 3.05) is 30.4 Å². The number of pyridine rings is 1. The highest BCUT2D eigenvalue weighted by Crippen LogP contribution is 2.29. The van der Waals surface area contributed by atoms with Gasteiger partial charge in [0.25, 0.3) is 0 Å². The molecule has 3 heterocycles. The fourth-order valence-corrected chi connectivity index (χ4v) is 3.51. The van der Waals surface area contributed by atoms with Gasteiger partial charge in [-0.05, 0) is 33.6 Å². The number of piperidine rings is 1. The molecule has 0 unspecified atom stereocenters. The van der Waals surface area contributed by atoms with Crippen LogP contribution in [0.1, 0.15) is 49.7 Å². The van der Waals surface area contributed by atoms with E-state index in [1.807, 2.05) is 38.8 Å². The molecule has 0 saturated carbocycles. The molecule has 0 atom stereocenters.